The minimum Gasteiger partial charge on any atom is -0.354 e. The van der Waals surface area contributed by atoms with Crippen LogP contribution in [0.4, 0.5) is 4.39 Å². The van der Waals surface area contributed by atoms with E-state index < -0.39 is 0 Å². The smallest absolute Gasteiger partial charge is 0.350 e. The average Bonchev–Trinajstić information content (AvgIpc) is 3.49. The van der Waals surface area contributed by atoms with Crippen molar-refractivity contribution in [3.05, 3.63) is 82.3 Å². The molecular formula is C21H21FN4O2. The van der Waals surface area contributed by atoms with Gasteiger partial charge in [-0.2, -0.15) is 5.10 Å². The lowest BCUT2D eigenvalue weighted by atomic mass is 10.1. The van der Waals surface area contributed by atoms with Gasteiger partial charge in [-0.15, -0.1) is 0 Å². The number of nitrogens with zero attached hydrogens (tertiary/aromatic N) is 3. The summed E-state index contributed by atoms with van der Waals surface area (Å²) in [6.45, 7) is 0.601. The van der Waals surface area contributed by atoms with E-state index in [-0.39, 0.29) is 23.8 Å². The summed E-state index contributed by atoms with van der Waals surface area (Å²) in [4.78, 5) is 24.9. The Labute approximate surface area is 161 Å². The molecule has 0 bridgehead atoms. The predicted molar refractivity (Wildman–Crippen MR) is 103 cm³/mol. The highest BCUT2D eigenvalue weighted by Crippen LogP contribution is 2.39. The molecule has 1 aliphatic carbocycles. The summed E-state index contributed by atoms with van der Waals surface area (Å²) in [7, 11) is 0. The zero-order valence-corrected chi connectivity index (χ0v) is 15.3. The third-order valence-corrected chi connectivity index (χ3v) is 4.74. The van der Waals surface area contributed by atoms with Gasteiger partial charge in [0.1, 0.15) is 11.6 Å². The fraction of sp³-hybridized carbons (Fsp3) is 0.286. The van der Waals surface area contributed by atoms with Crippen LogP contribution in [0.3, 0.4) is 0 Å². The molecule has 0 radical (unpaired) electrons. The number of carbonyl (C=O) groups is 1. The number of rotatable bonds is 7. The summed E-state index contributed by atoms with van der Waals surface area (Å²) in [6.07, 6.45) is 2.25. The maximum Gasteiger partial charge on any atom is 0.350 e. The zero-order valence-electron chi connectivity index (χ0n) is 15.3. The van der Waals surface area contributed by atoms with E-state index in [9.17, 15) is 14.0 Å². The molecule has 1 aliphatic rings. The van der Waals surface area contributed by atoms with Gasteiger partial charge in [0.25, 0.3) is 0 Å². The molecule has 3 aromatic rings. The summed E-state index contributed by atoms with van der Waals surface area (Å²) in [5, 5.41) is 7.31. The van der Waals surface area contributed by atoms with Crippen molar-refractivity contribution in [1.82, 2.24) is 19.7 Å². The number of benzene rings is 2. The van der Waals surface area contributed by atoms with E-state index in [1.807, 2.05) is 30.3 Å². The summed E-state index contributed by atoms with van der Waals surface area (Å²) in [5.41, 5.74) is 1.35. The molecule has 1 heterocycles. The molecule has 1 N–H and O–H groups in total. The van der Waals surface area contributed by atoms with Crippen LogP contribution in [0.5, 0.6) is 0 Å². The lowest BCUT2D eigenvalue weighted by molar-refractivity contribution is -0.120. The molecule has 0 unspecified atom stereocenters. The summed E-state index contributed by atoms with van der Waals surface area (Å²) >= 11 is 0. The number of hydrogen-bond acceptors (Lipinski definition) is 3. The SMILES string of the molecule is O=C(Cc1ccc(F)cc1)NCCn1nc(C2CC2)n(-c2ccccc2)c1=O. The van der Waals surface area contributed by atoms with Gasteiger partial charge in [0.05, 0.1) is 18.7 Å². The van der Waals surface area contributed by atoms with Gasteiger partial charge in [-0.3, -0.25) is 4.79 Å². The number of halogens is 1. The zero-order chi connectivity index (χ0) is 19.5. The Morgan fingerprint density at radius 1 is 1.11 bits per heavy atom. The quantitative estimate of drug-likeness (QED) is 0.684. The molecule has 2 aromatic carbocycles. The van der Waals surface area contributed by atoms with E-state index in [2.05, 4.69) is 10.4 Å². The van der Waals surface area contributed by atoms with Crippen LogP contribution in [0, 0.1) is 5.82 Å². The van der Waals surface area contributed by atoms with Crippen molar-refractivity contribution in [3.8, 4) is 5.69 Å². The molecule has 7 heteroatoms. The van der Waals surface area contributed by atoms with E-state index in [1.165, 1.54) is 16.8 Å². The normalized spacial score (nSPS) is 13.5. The van der Waals surface area contributed by atoms with Gasteiger partial charge in [0.15, 0.2) is 0 Å². The average molecular weight is 380 g/mol. The van der Waals surface area contributed by atoms with Crippen LogP contribution >= 0.6 is 0 Å². The second-order valence-corrected chi connectivity index (χ2v) is 6.96. The van der Waals surface area contributed by atoms with Gasteiger partial charge in [0.2, 0.25) is 5.91 Å². The molecule has 0 atom stereocenters. The highest BCUT2D eigenvalue weighted by atomic mass is 19.1. The minimum absolute atomic E-state index is 0.168. The molecule has 1 fully saturated rings. The lowest BCUT2D eigenvalue weighted by Gasteiger charge is -2.05. The van der Waals surface area contributed by atoms with Crippen molar-refractivity contribution in [2.75, 3.05) is 6.54 Å². The van der Waals surface area contributed by atoms with Crippen molar-refractivity contribution in [1.29, 1.82) is 0 Å². The van der Waals surface area contributed by atoms with Crippen molar-refractivity contribution in [2.24, 2.45) is 0 Å². The molecule has 6 nitrogen and oxygen atoms in total. The van der Waals surface area contributed by atoms with Gasteiger partial charge < -0.3 is 5.32 Å². The van der Waals surface area contributed by atoms with Gasteiger partial charge in [-0.1, -0.05) is 30.3 Å². The van der Waals surface area contributed by atoms with Crippen molar-refractivity contribution in [2.45, 2.75) is 31.7 Å². The fourth-order valence-corrected chi connectivity index (χ4v) is 3.15. The van der Waals surface area contributed by atoms with E-state index in [4.69, 9.17) is 0 Å². The van der Waals surface area contributed by atoms with E-state index in [0.717, 1.165) is 29.9 Å². The van der Waals surface area contributed by atoms with Crippen LogP contribution < -0.4 is 11.0 Å². The predicted octanol–water partition coefficient (Wildman–Crippen LogP) is 2.41. The van der Waals surface area contributed by atoms with Crippen LogP contribution in [0.1, 0.15) is 30.1 Å². The number of para-hydroxylation sites is 1. The van der Waals surface area contributed by atoms with Crippen LogP contribution in [0.25, 0.3) is 5.69 Å². The second kappa shape index (κ2) is 7.80. The fourth-order valence-electron chi connectivity index (χ4n) is 3.15. The minimum atomic E-state index is -0.330. The summed E-state index contributed by atoms with van der Waals surface area (Å²) in [6, 6.07) is 15.3. The number of nitrogens with one attached hydrogen (secondary N) is 1. The Kier molecular flexibility index (Phi) is 5.06. The summed E-state index contributed by atoms with van der Waals surface area (Å²) in [5.74, 6) is 0.602. The molecule has 1 aromatic heterocycles. The summed E-state index contributed by atoms with van der Waals surface area (Å²) < 4.78 is 16.0. The van der Waals surface area contributed by atoms with Crippen molar-refractivity contribution < 1.29 is 9.18 Å². The molecule has 0 aliphatic heterocycles. The number of hydrogen-bond donors (Lipinski definition) is 1. The number of carbonyl (C=O) groups excluding carboxylic acids is 1. The third-order valence-electron chi connectivity index (χ3n) is 4.74. The Bertz CT molecular complexity index is 1020. The lowest BCUT2D eigenvalue weighted by Crippen LogP contribution is -2.32. The third kappa shape index (κ3) is 4.03. The van der Waals surface area contributed by atoms with Crippen molar-refractivity contribution in [3.63, 3.8) is 0 Å². The number of amides is 1. The second-order valence-electron chi connectivity index (χ2n) is 6.96. The van der Waals surface area contributed by atoms with Gasteiger partial charge in [-0.25, -0.2) is 18.4 Å². The maximum atomic E-state index is 12.9. The van der Waals surface area contributed by atoms with Gasteiger partial charge >= 0.3 is 5.69 Å². The topological polar surface area (TPSA) is 68.9 Å². The van der Waals surface area contributed by atoms with Crippen LogP contribution in [0.2, 0.25) is 0 Å². The Hall–Kier alpha value is -3.22. The monoisotopic (exact) mass is 380 g/mol. The highest BCUT2D eigenvalue weighted by molar-refractivity contribution is 5.78. The maximum absolute atomic E-state index is 12.9. The first-order chi connectivity index (χ1) is 13.6. The molecule has 1 saturated carbocycles. The first-order valence-electron chi connectivity index (χ1n) is 9.38. The van der Waals surface area contributed by atoms with E-state index in [1.54, 1.807) is 16.7 Å². The standard InChI is InChI=1S/C21H21FN4O2/c22-17-10-6-15(7-11-17)14-19(27)23-12-13-25-21(28)26(18-4-2-1-3-5-18)20(24-25)16-8-9-16/h1-7,10-11,16H,8-9,12-14H2,(H,23,27). The van der Waals surface area contributed by atoms with Crippen LogP contribution in [-0.4, -0.2) is 26.8 Å². The number of aromatic nitrogens is 3. The Morgan fingerprint density at radius 2 is 1.82 bits per heavy atom. The molecule has 4 rings (SSSR count). The van der Waals surface area contributed by atoms with Crippen LogP contribution in [-0.2, 0) is 17.8 Å². The largest absolute Gasteiger partial charge is 0.354 e. The molecule has 1 amide bonds. The van der Waals surface area contributed by atoms with E-state index >= 15 is 0 Å². The van der Waals surface area contributed by atoms with E-state index in [0.29, 0.717) is 19.0 Å². The van der Waals surface area contributed by atoms with Crippen molar-refractivity contribution >= 4 is 5.91 Å². The molecule has 0 saturated heterocycles. The van der Waals surface area contributed by atoms with Gasteiger partial charge in [-0.05, 0) is 42.7 Å². The molecular weight excluding hydrogens is 359 g/mol. The Balaban J connectivity index is 1.42. The van der Waals surface area contributed by atoms with Crippen LogP contribution in [0.15, 0.2) is 59.4 Å². The highest BCUT2D eigenvalue weighted by Gasteiger charge is 2.31. The van der Waals surface area contributed by atoms with Gasteiger partial charge in [0, 0.05) is 12.5 Å². The molecule has 0 spiro atoms. The first-order valence-corrected chi connectivity index (χ1v) is 9.38. The molecule has 144 valence electrons. The first kappa shape index (κ1) is 18.2. The molecule has 28 heavy (non-hydrogen) atoms. The Morgan fingerprint density at radius 3 is 2.50 bits per heavy atom.